The Morgan fingerprint density at radius 1 is 0.886 bits per heavy atom. The Bertz CT molecular complexity index is 1810. The standard InChI is InChI=1S/C35H38N4O4.K/c1-6-10-30-36-29(7-2)31(25-17-19-26(20-18-25)42-22-35(3,4)5)33(40)39(30)21-23-13-15-24(16-14-23)27-11-8-9-12-28(27)32-37-34(41)43-38-32;/h8-9,11-20H,6-7,10,21-22H2,1-5H3,(H,37,38,41);. The average Bonchev–Trinajstić information content (AvgIpc) is 3.44. The molecule has 2 aromatic heterocycles. The number of H-pyrrole nitrogens is 1. The quantitative estimate of drug-likeness (QED) is 0.179. The van der Waals surface area contributed by atoms with Gasteiger partial charge in [-0.05, 0) is 52.6 Å². The fraction of sp³-hybridized carbons (Fsp3) is 0.314. The molecule has 1 N–H and O–H groups in total. The second-order valence-electron chi connectivity index (χ2n) is 11.9. The molecule has 0 atom stereocenters. The van der Waals surface area contributed by atoms with Gasteiger partial charge in [-0.2, -0.15) is 0 Å². The van der Waals surface area contributed by atoms with Gasteiger partial charge in [0.05, 0.1) is 24.4 Å². The molecule has 0 aliphatic heterocycles. The number of nitrogens with one attached hydrogen (secondary N) is 1. The number of nitrogens with zero attached hydrogens (tertiary/aromatic N) is 3. The number of rotatable bonds is 10. The molecule has 0 saturated carbocycles. The third-order valence-corrected chi connectivity index (χ3v) is 7.17. The molecule has 0 amide bonds. The number of hydrogen-bond donors (Lipinski definition) is 1. The first-order valence-electron chi connectivity index (χ1n) is 14.8. The van der Waals surface area contributed by atoms with Gasteiger partial charge in [0, 0.05) is 63.4 Å². The molecule has 0 unspecified atom stereocenters. The van der Waals surface area contributed by atoms with Crippen LogP contribution in [0, 0.1) is 5.41 Å². The van der Waals surface area contributed by atoms with Gasteiger partial charge < -0.3 is 4.74 Å². The first-order valence-corrected chi connectivity index (χ1v) is 14.8. The van der Waals surface area contributed by atoms with Crippen molar-refractivity contribution in [2.45, 2.75) is 60.4 Å². The van der Waals surface area contributed by atoms with Crippen LogP contribution in [0.25, 0.3) is 33.6 Å². The SMILES string of the molecule is CCCc1nc(CC)c(-c2ccc(OCC(C)(C)C)cc2)c(=O)n1Cc1ccc(-c2ccccc2-c2noc(=O)[nH]2)cc1.[K]. The Hall–Kier alpha value is -3.08. The molecule has 0 fully saturated rings. The van der Waals surface area contributed by atoms with Gasteiger partial charge in [-0.15, -0.1) is 0 Å². The summed E-state index contributed by atoms with van der Waals surface area (Å²) in [5.74, 6) is 1.36. The van der Waals surface area contributed by atoms with Crippen molar-refractivity contribution in [2.75, 3.05) is 6.61 Å². The van der Waals surface area contributed by atoms with Gasteiger partial charge >= 0.3 is 5.76 Å². The summed E-state index contributed by atoms with van der Waals surface area (Å²) in [4.78, 5) is 33.3. The van der Waals surface area contributed by atoms with Crippen LogP contribution in [0.5, 0.6) is 5.75 Å². The summed E-state index contributed by atoms with van der Waals surface area (Å²) in [6.45, 7) is 11.6. The summed E-state index contributed by atoms with van der Waals surface area (Å²) in [5, 5.41) is 3.86. The number of aromatic nitrogens is 4. The summed E-state index contributed by atoms with van der Waals surface area (Å²) in [6.07, 6.45) is 2.26. The van der Waals surface area contributed by atoms with E-state index in [-0.39, 0.29) is 62.4 Å². The first kappa shape index (κ1) is 33.8. The average molecular weight is 618 g/mol. The minimum absolute atomic E-state index is 0. The van der Waals surface area contributed by atoms with Crippen molar-refractivity contribution in [1.82, 2.24) is 19.7 Å². The molecule has 2 heterocycles. The summed E-state index contributed by atoms with van der Waals surface area (Å²) in [6, 6.07) is 23.5. The smallest absolute Gasteiger partial charge is 0.439 e. The van der Waals surface area contributed by atoms with Crippen LogP contribution < -0.4 is 16.1 Å². The van der Waals surface area contributed by atoms with Gasteiger partial charge in [0.25, 0.3) is 5.56 Å². The van der Waals surface area contributed by atoms with Crippen LogP contribution in [0.3, 0.4) is 0 Å². The maximum atomic E-state index is 14.1. The molecular weight excluding hydrogens is 580 g/mol. The zero-order valence-electron chi connectivity index (χ0n) is 26.4. The van der Waals surface area contributed by atoms with E-state index < -0.39 is 5.76 Å². The summed E-state index contributed by atoms with van der Waals surface area (Å²) < 4.78 is 12.5. The molecule has 1 radical (unpaired) electrons. The van der Waals surface area contributed by atoms with E-state index in [1.807, 2.05) is 84.3 Å². The molecule has 5 rings (SSSR count). The Morgan fingerprint density at radius 3 is 2.14 bits per heavy atom. The van der Waals surface area contributed by atoms with Crippen LogP contribution in [0.15, 0.2) is 86.9 Å². The molecule has 223 valence electrons. The number of benzene rings is 3. The molecule has 0 spiro atoms. The van der Waals surface area contributed by atoms with Crippen molar-refractivity contribution in [3.05, 3.63) is 111 Å². The van der Waals surface area contributed by atoms with Crippen LogP contribution in [0.2, 0.25) is 0 Å². The summed E-state index contributed by atoms with van der Waals surface area (Å²) in [7, 11) is 0. The Kier molecular flexibility index (Phi) is 11.4. The normalized spacial score (nSPS) is 11.3. The molecule has 9 heteroatoms. The fourth-order valence-electron chi connectivity index (χ4n) is 5.05. The molecule has 8 nitrogen and oxygen atoms in total. The number of hydrogen-bond acceptors (Lipinski definition) is 6. The minimum atomic E-state index is -0.597. The molecule has 44 heavy (non-hydrogen) atoms. The topological polar surface area (TPSA) is 103 Å². The predicted octanol–water partition coefficient (Wildman–Crippen LogP) is 6.53. The summed E-state index contributed by atoms with van der Waals surface area (Å²) >= 11 is 0. The maximum absolute atomic E-state index is 14.1. The molecule has 3 aromatic carbocycles. The van der Waals surface area contributed by atoms with Crippen molar-refractivity contribution >= 4 is 51.4 Å². The van der Waals surface area contributed by atoms with Crippen LogP contribution in [-0.2, 0) is 19.4 Å². The van der Waals surface area contributed by atoms with E-state index in [9.17, 15) is 9.59 Å². The van der Waals surface area contributed by atoms with Crippen molar-refractivity contribution in [2.24, 2.45) is 5.41 Å². The van der Waals surface area contributed by atoms with Gasteiger partial charge in [-0.25, -0.2) is 9.78 Å². The molecule has 0 aliphatic rings. The van der Waals surface area contributed by atoms with Crippen LogP contribution in [0.1, 0.15) is 58.1 Å². The van der Waals surface area contributed by atoms with Gasteiger partial charge in [0.15, 0.2) is 5.82 Å². The van der Waals surface area contributed by atoms with E-state index in [0.29, 0.717) is 37.4 Å². The minimum Gasteiger partial charge on any atom is -0.493 e. The zero-order chi connectivity index (χ0) is 30.6. The Labute approximate surface area is 300 Å². The van der Waals surface area contributed by atoms with E-state index in [1.54, 1.807) is 0 Å². The fourth-order valence-corrected chi connectivity index (χ4v) is 5.05. The predicted molar refractivity (Wildman–Crippen MR) is 175 cm³/mol. The van der Waals surface area contributed by atoms with E-state index in [2.05, 4.69) is 37.8 Å². The number of aromatic amines is 1. The number of ether oxygens (including phenoxy) is 1. The molecular formula is C35H38KN4O4. The van der Waals surface area contributed by atoms with E-state index in [0.717, 1.165) is 51.5 Å². The van der Waals surface area contributed by atoms with Gasteiger partial charge in [0.2, 0.25) is 0 Å². The second-order valence-corrected chi connectivity index (χ2v) is 11.9. The van der Waals surface area contributed by atoms with Crippen LogP contribution >= 0.6 is 0 Å². The van der Waals surface area contributed by atoms with E-state index in [1.165, 1.54) is 0 Å². The van der Waals surface area contributed by atoms with Crippen molar-refractivity contribution in [1.29, 1.82) is 0 Å². The molecule has 5 aromatic rings. The zero-order valence-corrected chi connectivity index (χ0v) is 29.6. The summed E-state index contributed by atoms with van der Waals surface area (Å²) in [5.41, 5.74) is 5.92. The van der Waals surface area contributed by atoms with Gasteiger partial charge in [0.1, 0.15) is 11.6 Å². The number of aryl methyl sites for hydroxylation is 2. The van der Waals surface area contributed by atoms with E-state index >= 15 is 0 Å². The second kappa shape index (κ2) is 14.8. The van der Waals surface area contributed by atoms with Crippen molar-refractivity contribution in [3.63, 3.8) is 0 Å². The molecule has 0 bridgehead atoms. The third-order valence-electron chi connectivity index (χ3n) is 7.17. The van der Waals surface area contributed by atoms with Gasteiger partial charge in [-0.1, -0.05) is 100 Å². The Balaban J connectivity index is 0.00000442. The maximum Gasteiger partial charge on any atom is 0.439 e. The Morgan fingerprint density at radius 2 is 1.55 bits per heavy atom. The van der Waals surface area contributed by atoms with Crippen LogP contribution in [0.4, 0.5) is 0 Å². The molecule has 0 aliphatic carbocycles. The van der Waals surface area contributed by atoms with Crippen molar-refractivity contribution < 1.29 is 9.26 Å². The van der Waals surface area contributed by atoms with Crippen molar-refractivity contribution in [3.8, 4) is 39.4 Å². The molecule has 0 saturated heterocycles. The van der Waals surface area contributed by atoms with Gasteiger partial charge in [-0.3, -0.25) is 18.9 Å². The third kappa shape index (κ3) is 7.94. The largest absolute Gasteiger partial charge is 0.493 e. The monoisotopic (exact) mass is 617 g/mol. The van der Waals surface area contributed by atoms with E-state index in [4.69, 9.17) is 14.2 Å². The first-order chi connectivity index (χ1) is 20.7. The van der Waals surface area contributed by atoms with Crippen LogP contribution in [-0.4, -0.2) is 77.7 Å².